The molecule has 1 aromatic carbocycles. The number of nitrogens with zero attached hydrogens (tertiary/aromatic N) is 3. The number of hydrogen-bond acceptors (Lipinski definition) is 4. The van der Waals surface area contributed by atoms with Crippen LogP contribution in [0.1, 0.15) is 43.3 Å². The van der Waals surface area contributed by atoms with E-state index in [1.165, 1.54) is 0 Å². The zero-order chi connectivity index (χ0) is 19.4. The van der Waals surface area contributed by atoms with Crippen molar-refractivity contribution in [1.29, 1.82) is 0 Å². The maximum absolute atomic E-state index is 13.3. The van der Waals surface area contributed by atoms with Gasteiger partial charge in [-0.25, -0.2) is 23.1 Å². The number of piperidine rings is 1. The standard InChI is InChI=1S/C20H25F3N4/c1-3-4-16-11-19(26-13(2)25-16)27-7-5-15(6-8-27)24-12-14-9-17(21)20(23)18(22)10-14/h9-11,15,24H,3-8,12H2,1-2H3. The van der Waals surface area contributed by atoms with Crippen molar-refractivity contribution in [1.82, 2.24) is 15.3 Å². The molecule has 1 aliphatic heterocycles. The van der Waals surface area contributed by atoms with Crippen LogP contribution in [-0.2, 0) is 13.0 Å². The lowest BCUT2D eigenvalue weighted by Crippen LogP contribution is -2.42. The Morgan fingerprint density at radius 2 is 1.74 bits per heavy atom. The van der Waals surface area contributed by atoms with Gasteiger partial charge in [0.05, 0.1) is 0 Å². The molecule has 7 heteroatoms. The fourth-order valence-corrected chi connectivity index (χ4v) is 3.44. The number of rotatable bonds is 6. The highest BCUT2D eigenvalue weighted by atomic mass is 19.2. The van der Waals surface area contributed by atoms with Gasteiger partial charge in [0.25, 0.3) is 0 Å². The topological polar surface area (TPSA) is 41.0 Å². The second-order valence-electron chi connectivity index (χ2n) is 7.03. The molecule has 1 aromatic heterocycles. The quantitative estimate of drug-likeness (QED) is 0.774. The Kier molecular flexibility index (Phi) is 6.31. The van der Waals surface area contributed by atoms with Crippen LogP contribution in [0.2, 0.25) is 0 Å². The lowest BCUT2D eigenvalue weighted by atomic mass is 10.0. The molecular weight excluding hydrogens is 353 g/mol. The van der Waals surface area contributed by atoms with Gasteiger partial charge in [0.1, 0.15) is 11.6 Å². The molecule has 1 fully saturated rings. The third kappa shape index (κ3) is 4.97. The van der Waals surface area contributed by atoms with Crippen molar-refractivity contribution in [3.05, 3.63) is 52.7 Å². The van der Waals surface area contributed by atoms with E-state index in [9.17, 15) is 13.2 Å². The van der Waals surface area contributed by atoms with Gasteiger partial charge in [-0.05, 0) is 43.9 Å². The van der Waals surface area contributed by atoms with Crippen LogP contribution in [-0.4, -0.2) is 29.1 Å². The predicted molar refractivity (Wildman–Crippen MR) is 99.2 cm³/mol. The summed E-state index contributed by atoms with van der Waals surface area (Å²) in [5, 5.41) is 3.31. The molecule has 0 bridgehead atoms. The van der Waals surface area contributed by atoms with Crippen LogP contribution < -0.4 is 10.2 Å². The van der Waals surface area contributed by atoms with Crippen molar-refractivity contribution in [2.75, 3.05) is 18.0 Å². The SMILES string of the molecule is CCCc1cc(N2CCC(NCc3cc(F)c(F)c(F)c3)CC2)nc(C)n1. The summed E-state index contributed by atoms with van der Waals surface area (Å²) < 4.78 is 39.6. The second kappa shape index (κ2) is 8.69. The molecule has 0 spiro atoms. The van der Waals surface area contributed by atoms with Crippen molar-refractivity contribution in [2.45, 2.75) is 52.1 Å². The van der Waals surface area contributed by atoms with Gasteiger partial charge in [0.15, 0.2) is 17.5 Å². The molecule has 2 heterocycles. The van der Waals surface area contributed by atoms with E-state index in [0.29, 0.717) is 12.1 Å². The number of aromatic nitrogens is 2. The van der Waals surface area contributed by atoms with E-state index in [0.717, 1.165) is 68.2 Å². The van der Waals surface area contributed by atoms with Crippen LogP contribution in [0.5, 0.6) is 0 Å². The number of aryl methyl sites for hydroxylation is 2. The first-order valence-electron chi connectivity index (χ1n) is 9.42. The minimum absolute atomic E-state index is 0.246. The molecule has 0 amide bonds. The number of hydrogen-bond donors (Lipinski definition) is 1. The van der Waals surface area contributed by atoms with Crippen LogP contribution in [0.15, 0.2) is 18.2 Å². The van der Waals surface area contributed by atoms with Gasteiger partial charge in [-0.3, -0.25) is 0 Å². The Morgan fingerprint density at radius 3 is 2.37 bits per heavy atom. The molecule has 27 heavy (non-hydrogen) atoms. The predicted octanol–water partition coefficient (Wildman–Crippen LogP) is 3.91. The lowest BCUT2D eigenvalue weighted by Gasteiger charge is -2.33. The minimum atomic E-state index is -1.42. The molecular formula is C20H25F3N4. The average Bonchev–Trinajstić information content (AvgIpc) is 2.64. The van der Waals surface area contributed by atoms with Crippen LogP contribution in [0.4, 0.5) is 19.0 Å². The Bertz CT molecular complexity index is 766. The van der Waals surface area contributed by atoms with E-state index >= 15 is 0 Å². The maximum Gasteiger partial charge on any atom is 0.194 e. The fraction of sp³-hybridized carbons (Fsp3) is 0.500. The van der Waals surface area contributed by atoms with E-state index in [1.54, 1.807) is 0 Å². The Hall–Kier alpha value is -2.15. The summed E-state index contributed by atoms with van der Waals surface area (Å²) in [5.74, 6) is -1.97. The van der Waals surface area contributed by atoms with Crippen LogP contribution in [0, 0.1) is 24.4 Å². The molecule has 0 saturated carbocycles. The van der Waals surface area contributed by atoms with E-state index in [4.69, 9.17) is 0 Å². The summed E-state index contributed by atoms with van der Waals surface area (Å²) in [6.07, 6.45) is 3.79. The summed E-state index contributed by atoms with van der Waals surface area (Å²) in [6.45, 7) is 6.06. The highest BCUT2D eigenvalue weighted by Crippen LogP contribution is 2.20. The van der Waals surface area contributed by atoms with Crippen molar-refractivity contribution in [3.63, 3.8) is 0 Å². The molecule has 3 rings (SSSR count). The Morgan fingerprint density at radius 1 is 1.07 bits per heavy atom. The monoisotopic (exact) mass is 378 g/mol. The molecule has 1 N–H and O–H groups in total. The first-order chi connectivity index (χ1) is 13.0. The lowest BCUT2D eigenvalue weighted by molar-refractivity contribution is 0.408. The van der Waals surface area contributed by atoms with Crippen LogP contribution in [0.3, 0.4) is 0 Å². The summed E-state index contributed by atoms with van der Waals surface area (Å²) in [4.78, 5) is 11.3. The van der Waals surface area contributed by atoms with Crippen LogP contribution >= 0.6 is 0 Å². The van der Waals surface area contributed by atoms with Crippen molar-refractivity contribution >= 4 is 5.82 Å². The number of benzene rings is 1. The van der Waals surface area contributed by atoms with Gasteiger partial charge in [0, 0.05) is 37.4 Å². The molecule has 0 radical (unpaired) electrons. The number of halogens is 3. The van der Waals surface area contributed by atoms with E-state index in [2.05, 4.69) is 33.2 Å². The smallest absolute Gasteiger partial charge is 0.194 e. The van der Waals surface area contributed by atoms with E-state index in [1.807, 2.05) is 6.92 Å². The number of anilines is 1. The Labute approximate surface area is 157 Å². The highest BCUT2D eigenvalue weighted by molar-refractivity contribution is 5.40. The summed E-state index contributed by atoms with van der Waals surface area (Å²) in [7, 11) is 0. The largest absolute Gasteiger partial charge is 0.356 e. The van der Waals surface area contributed by atoms with Gasteiger partial charge in [-0.15, -0.1) is 0 Å². The van der Waals surface area contributed by atoms with Gasteiger partial charge in [0.2, 0.25) is 0 Å². The number of nitrogens with one attached hydrogen (secondary N) is 1. The van der Waals surface area contributed by atoms with Gasteiger partial charge < -0.3 is 10.2 Å². The van der Waals surface area contributed by atoms with Crippen LogP contribution in [0.25, 0.3) is 0 Å². The molecule has 1 saturated heterocycles. The van der Waals surface area contributed by atoms with E-state index in [-0.39, 0.29) is 6.04 Å². The highest BCUT2D eigenvalue weighted by Gasteiger charge is 2.21. The summed E-state index contributed by atoms with van der Waals surface area (Å²) in [6, 6.07) is 4.39. The summed E-state index contributed by atoms with van der Waals surface area (Å²) >= 11 is 0. The molecule has 0 atom stereocenters. The van der Waals surface area contributed by atoms with Gasteiger partial charge in [-0.2, -0.15) is 0 Å². The molecule has 1 aliphatic rings. The minimum Gasteiger partial charge on any atom is -0.356 e. The maximum atomic E-state index is 13.3. The normalized spacial score (nSPS) is 15.4. The third-order valence-electron chi connectivity index (χ3n) is 4.84. The second-order valence-corrected chi connectivity index (χ2v) is 7.03. The first kappa shape index (κ1) is 19.6. The Balaban J connectivity index is 1.55. The molecule has 146 valence electrons. The fourth-order valence-electron chi connectivity index (χ4n) is 3.44. The van der Waals surface area contributed by atoms with Gasteiger partial charge >= 0.3 is 0 Å². The molecule has 0 unspecified atom stereocenters. The summed E-state index contributed by atoms with van der Waals surface area (Å²) in [5.41, 5.74) is 1.48. The first-order valence-corrected chi connectivity index (χ1v) is 9.42. The molecule has 2 aromatic rings. The molecule has 0 aliphatic carbocycles. The van der Waals surface area contributed by atoms with E-state index < -0.39 is 17.5 Å². The van der Waals surface area contributed by atoms with Crippen molar-refractivity contribution in [3.8, 4) is 0 Å². The zero-order valence-electron chi connectivity index (χ0n) is 15.7. The van der Waals surface area contributed by atoms with Crippen molar-refractivity contribution < 1.29 is 13.2 Å². The molecule has 4 nitrogen and oxygen atoms in total. The third-order valence-corrected chi connectivity index (χ3v) is 4.84. The van der Waals surface area contributed by atoms with Gasteiger partial charge in [-0.1, -0.05) is 13.3 Å². The average molecular weight is 378 g/mol. The van der Waals surface area contributed by atoms with Crippen molar-refractivity contribution in [2.24, 2.45) is 0 Å². The zero-order valence-corrected chi connectivity index (χ0v) is 15.7.